The zero-order valence-electron chi connectivity index (χ0n) is 11.9. The first-order valence-electron chi connectivity index (χ1n) is 5.48. The van der Waals surface area contributed by atoms with Crippen molar-refractivity contribution in [1.29, 1.82) is 0 Å². The number of carbonyl (C=O) groups is 3. The Kier molecular flexibility index (Phi) is 7.55. The summed E-state index contributed by atoms with van der Waals surface area (Å²) in [6.07, 6.45) is 0.0310. The van der Waals surface area contributed by atoms with Crippen LogP contribution in [0, 0.1) is 0 Å². The first-order chi connectivity index (χ1) is 8.86. The molecule has 1 N–H and O–H groups in total. The molecular formula is C12H14NNaO6. The normalized spacial score (nSPS) is 14.2. The monoisotopic (exact) mass is 291 g/mol. The summed E-state index contributed by atoms with van der Waals surface area (Å²) in [7, 11) is 1.24. The van der Waals surface area contributed by atoms with Crippen molar-refractivity contribution in [3.05, 3.63) is 22.5 Å². The predicted molar refractivity (Wildman–Crippen MR) is 61.1 cm³/mol. The van der Waals surface area contributed by atoms with Gasteiger partial charge in [-0.25, -0.2) is 9.59 Å². The minimum absolute atomic E-state index is 0. The molecule has 0 saturated carbocycles. The van der Waals surface area contributed by atoms with Gasteiger partial charge in [-0.3, -0.25) is 0 Å². The summed E-state index contributed by atoms with van der Waals surface area (Å²) in [6, 6.07) is 0. The molecule has 0 radical (unpaired) electrons. The Labute approximate surface area is 138 Å². The van der Waals surface area contributed by atoms with Gasteiger partial charge >= 0.3 is 41.5 Å². The van der Waals surface area contributed by atoms with Crippen LogP contribution >= 0.6 is 0 Å². The fourth-order valence-corrected chi connectivity index (χ4v) is 1.66. The molecule has 0 saturated heterocycles. The maximum absolute atomic E-state index is 11.7. The van der Waals surface area contributed by atoms with Gasteiger partial charge in [-0.1, -0.05) is 0 Å². The van der Waals surface area contributed by atoms with Gasteiger partial charge < -0.3 is 24.7 Å². The van der Waals surface area contributed by atoms with Crippen molar-refractivity contribution in [2.24, 2.45) is 0 Å². The average Bonchev–Trinajstić information content (AvgIpc) is 2.35. The molecule has 1 aliphatic heterocycles. The van der Waals surface area contributed by atoms with E-state index in [0.29, 0.717) is 17.0 Å². The van der Waals surface area contributed by atoms with Gasteiger partial charge in [0.25, 0.3) is 0 Å². The third-order valence-corrected chi connectivity index (χ3v) is 2.63. The number of allylic oxidation sites excluding steroid dienone is 2. The number of carboxylic acids is 1. The second kappa shape index (κ2) is 8.08. The summed E-state index contributed by atoms with van der Waals surface area (Å²) in [6.45, 7) is 2.48. The SMILES string of the molecule is COC(=O)C1=C(C)NC(C)=C(C(=O)OCC(=O)[O-])C1.[Na+]. The molecular weight excluding hydrogens is 277 g/mol. The van der Waals surface area contributed by atoms with E-state index >= 15 is 0 Å². The van der Waals surface area contributed by atoms with Crippen LogP contribution in [0.5, 0.6) is 0 Å². The molecule has 1 aliphatic rings. The Hall–Kier alpha value is -1.31. The van der Waals surface area contributed by atoms with Gasteiger partial charge in [0, 0.05) is 17.8 Å². The topological polar surface area (TPSA) is 105 Å². The van der Waals surface area contributed by atoms with Crippen LogP contribution in [-0.4, -0.2) is 31.6 Å². The Balaban J connectivity index is 0.00000361. The minimum Gasteiger partial charge on any atom is -0.546 e. The van der Waals surface area contributed by atoms with Crippen molar-refractivity contribution in [3.63, 3.8) is 0 Å². The third kappa shape index (κ3) is 4.66. The summed E-state index contributed by atoms with van der Waals surface area (Å²) in [5, 5.41) is 13.1. The quantitative estimate of drug-likeness (QED) is 0.416. The molecule has 0 aromatic heterocycles. The van der Waals surface area contributed by atoms with Crippen LogP contribution in [-0.2, 0) is 23.9 Å². The van der Waals surface area contributed by atoms with Gasteiger partial charge in [-0.2, -0.15) is 0 Å². The van der Waals surface area contributed by atoms with Gasteiger partial charge in [0.15, 0.2) is 0 Å². The largest absolute Gasteiger partial charge is 1.00 e. The maximum Gasteiger partial charge on any atom is 1.00 e. The summed E-state index contributed by atoms with van der Waals surface area (Å²) >= 11 is 0. The van der Waals surface area contributed by atoms with Gasteiger partial charge in [-0.15, -0.1) is 0 Å². The van der Waals surface area contributed by atoms with E-state index in [1.807, 2.05) is 0 Å². The molecule has 0 atom stereocenters. The van der Waals surface area contributed by atoms with Gasteiger partial charge in [0.1, 0.15) is 6.61 Å². The van der Waals surface area contributed by atoms with E-state index in [2.05, 4.69) is 14.8 Å². The number of esters is 2. The van der Waals surface area contributed by atoms with Crippen LogP contribution in [0.25, 0.3) is 0 Å². The molecule has 8 heteroatoms. The van der Waals surface area contributed by atoms with Crippen molar-refractivity contribution in [3.8, 4) is 0 Å². The standard InChI is InChI=1S/C12H15NO6.Na/c1-6-8(11(16)18-3)4-9(7(2)13-6)12(17)19-5-10(14)15;/h13H,4-5H2,1-3H3,(H,14,15);/q;+1/p-1. The Morgan fingerprint density at radius 3 is 2.10 bits per heavy atom. The van der Waals surface area contributed by atoms with Crippen molar-refractivity contribution < 1.29 is 58.5 Å². The molecule has 0 fully saturated rings. The van der Waals surface area contributed by atoms with Crippen LogP contribution < -0.4 is 40.0 Å². The average molecular weight is 291 g/mol. The van der Waals surface area contributed by atoms with E-state index in [9.17, 15) is 19.5 Å². The summed E-state index contributed by atoms with van der Waals surface area (Å²) < 4.78 is 9.14. The van der Waals surface area contributed by atoms with E-state index in [4.69, 9.17) is 0 Å². The molecule has 0 spiro atoms. The predicted octanol–water partition coefficient (Wildman–Crippen LogP) is -4.00. The molecule has 1 heterocycles. The van der Waals surface area contributed by atoms with Crippen LogP contribution in [0.3, 0.4) is 0 Å². The Morgan fingerprint density at radius 1 is 1.15 bits per heavy atom. The van der Waals surface area contributed by atoms with E-state index in [-0.39, 0.29) is 41.6 Å². The van der Waals surface area contributed by atoms with Crippen LogP contribution in [0.2, 0.25) is 0 Å². The van der Waals surface area contributed by atoms with Gasteiger partial charge in [-0.05, 0) is 13.8 Å². The number of dihydropyridines is 1. The molecule has 0 aliphatic carbocycles. The van der Waals surface area contributed by atoms with Crippen LogP contribution in [0.15, 0.2) is 22.5 Å². The summed E-state index contributed by atoms with van der Waals surface area (Å²) in [5.74, 6) is -2.85. The van der Waals surface area contributed by atoms with E-state index < -0.39 is 24.5 Å². The number of methoxy groups -OCH3 is 1. The Morgan fingerprint density at radius 2 is 1.65 bits per heavy atom. The molecule has 0 aromatic rings. The number of hydrogen-bond donors (Lipinski definition) is 1. The van der Waals surface area contributed by atoms with E-state index in [1.165, 1.54) is 7.11 Å². The molecule has 104 valence electrons. The Bertz CT molecular complexity index is 494. The van der Waals surface area contributed by atoms with Gasteiger partial charge in [0.2, 0.25) is 0 Å². The second-order valence-electron chi connectivity index (χ2n) is 3.95. The number of carbonyl (C=O) groups excluding carboxylic acids is 3. The van der Waals surface area contributed by atoms with Crippen molar-refractivity contribution in [1.82, 2.24) is 5.32 Å². The number of hydrogen-bond acceptors (Lipinski definition) is 7. The number of nitrogens with one attached hydrogen (secondary N) is 1. The van der Waals surface area contributed by atoms with Gasteiger partial charge in [0.05, 0.1) is 24.2 Å². The number of ether oxygens (including phenoxy) is 2. The maximum atomic E-state index is 11.7. The molecule has 1 rings (SSSR count). The number of aliphatic carboxylic acids is 1. The van der Waals surface area contributed by atoms with E-state index in [0.717, 1.165) is 0 Å². The fraction of sp³-hybridized carbons (Fsp3) is 0.417. The summed E-state index contributed by atoms with van der Waals surface area (Å²) in [4.78, 5) is 33.4. The first kappa shape index (κ1) is 18.7. The fourth-order valence-electron chi connectivity index (χ4n) is 1.66. The molecule has 0 unspecified atom stereocenters. The summed E-state index contributed by atoms with van der Waals surface area (Å²) in [5.41, 5.74) is 1.58. The second-order valence-corrected chi connectivity index (χ2v) is 3.95. The third-order valence-electron chi connectivity index (χ3n) is 2.63. The minimum atomic E-state index is -1.49. The molecule has 0 aromatic carbocycles. The zero-order chi connectivity index (χ0) is 14.6. The first-order valence-corrected chi connectivity index (χ1v) is 5.48. The van der Waals surface area contributed by atoms with Crippen LogP contribution in [0.4, 0.5) is 0 Å². The molecule has 20 heavy (non-hydrogen) atoms. The number of rotatable bonds is 4. The van der Waals surface area contributed by atoms with Crippen LogP contribution in [0.1, 0.15) is 20.3 Å². The van der Waals surface area contributed by atoms with Crippen molar-refractivity contribution >= 4 is 17.9 Å². The van der Waals surface area contributed by atoms with E-state index in [1.54, 1.807) is 13.8 Å². The van der Waals surface area contributed by atoms with Crippen molar-refractivity contribution in [2.75, 3.05) is 13.7 Å². The number of carboxylic acid groups (broad SMARTS) is 1. The molecule has 0 amide bonds. The zero-order valence-corrected chi connectivity index (χ0v) is 13.9. The molecule has 7 nitrogen and oxygen atoms in total. The smallest absolute Gasteiger partial charge is 0.546 e. The molecule has 0 bridgehead atoms. The van der Waals surface area contributed by atoms with Crippen molar-refractivity contribution in [2.45, 2.75) is 20.3 Å².